The van der Waals surface area contributed by atoms with Crippen LogP contribution in [0.25, 0.3) is 0 Å². The largest absolute Gasteiger partial charge is 0.465 e. The number of ether oxygens (including phenoxy) is 1. The fraction of sp³-hybridized carbons (Fsp3) is 0.588. The van der Waals surface area contributed by atoms with Crippen LogP contribution in [0.2, 0.25) is 0 Å². The van der Waals surface area contributed by atoms with Crippen molar-refractivity contribution in [1.29, 1.82) is 0 Å². The van der Waals surface area contributed by atoms with Crippen LogP contribution in [0.3, 0.4) is 0 Å². The number of carbonyl (C=O) groups excluding carboxylic acids is 1. The molecule has 1 aliphatic rings. The molecule has 4 heteroatoms. The van der Waals surface area contributed by atoms with Crippen molar-refractivity contribution in [3.63, 3.8) is 0 Å². The van der Waals surface area contributed by atoms with Crippen molar-refractivity contribution in [1.82, 2.24) is 4.90 Å². The quantitative estimate of drug-likeness (QED) is 0.684. The molecule has 21 heavy (non-hydrogen) atoms. The van der Waals surface area contributed by atoms with Gasteiger partial charge in [0.25, 0.3) is 0 Å². The van der Waals surface area contributed by atoms with Crippen LogP contribution < -0.4 is 5.73 Å². The van der Waals surface area contributed by atoms with E-state index in [1.165, 1.54) is 32.8 Å². The molecular weight excluding hydrogens is 264 g/mol. The molecule has 1 fully saturated rings. The van der Waals surface area contributed by atoms with Gasteiger partial charge in [-0.3, -0.25) is 4.90 Å². The standard InChI is InChI=1S/C17H26N2O2/c1-12-6-4-8-14(10-12)19(2)11-13-7-5-9-15(18)16(13)17(20)21-3/h5,7,9,12,14H,4,6,8,10-11,18H2,1-3H3. The first-order valence-electron chi connectivity index (χ1n) is 7.68. The van der Waals surface area contributed by atoms with Crippen LogP contribution in [0.15, 0.2) is 18.2 Å². The minimum absolute atomic E-state index is 0.353. The van der Waals surface area contributed by atoms with Gasteiger partial charge in [0.05, 0.1) is 12.7 Å². The van der Waals surface area contributed by atoms with Crippen molar-refractivity contribution in [2.24, 2.45) is 5.92 Å². The highest BCUT2D eigenvalue weighted by molar-refractivity contribution is 5.96. The summed E-state index contributed by atoms with van der Waals surface area (Å²) in [5.41, 5.74) is 7.90. The second-order valence-electron chi connectivity index (χ2n) is 6.21. The number of carbonyl (C=O) groups is 1. The molecule has 2 unspecified atom stereocenters. The lowest BCUT2D eigenvalue weighted by Gasteiger charge is -2.34. The molecule has 2 rings (SSSR count). The summed E-state index contributed by atoms with van der Waals surface area (Å²) in [5, 5.41) is 0. The van der Waals surface area contributed by atoms with E-state index in [2.05, 4.69) is 18.9 Å². The fourth-order valence-electron chi connectivity index (χ4n) is 3.30. The second-order valence-corrected chi connectivity index (χ2v) is 6.21. The summed E-state index contributed by atoms with van der Waals surface area (Å²) in [4.78, 5) is 14.3. The minimum Gasteiger partial charge on any atom is -0.465 e. The van der Waals surface area contributed by atoms with Crippen LogP contribution in [-0.2, 0) is 11.3 Å². The zero-order valence-corrected chi connectivity index (χ0v) is 13.3. The van der Waals surface area contributed by atoms with E-state index in [0.29, 0.717) is 17.3 Å². The number of nitrogens with two attached hydrogens (primary N) is 1. The van der Waals surface area contributed by atoms with Crippen LogP contribution in [0, 0.1) is 5.92 Å². The number of nitrogen functional groups attached to an aromatic ring is 1. The summed E-state index contributed by atoms with van der Waals surface area (Å²) < 4.78 is 4.86. The number of benzene rings is 1. The molecule has 0 aromatic heterocycles. The van der Waals surface area contributed by atoms with Crippen molar-refractivity contribution in [3.8, 4) is 0 Å². The van der Waals surface area contributed by atoms with E-state index >= 15 is 0 Å². The fourth-order valence-corrected chi connectivity index (χ4v) is 3.30. The van der Waals surface area contributed by atoms with Gasteiger partial charge in [-0.25, -0.2) is 4.79 Å². The number of hydrogen-bond donors (Lipinski definition) is 1. The van der Waals surface area contributed by atoms with E-state index in [-0.39, 0.29) is 5.97 Å². The molecule has 0 radical (unpaired) electrons. The third-order valence-electron chi connectivity index (χ3n) is 4.52. The lowest BCUT2D eigenvalue weighted by Crippen LogP contribution is -2.35. The van der Waals surface area contributed by atoms with Crippen LogP contribution in [0.4, 0.5) is 5.69 Å². The van der Waals surface area contributed by atoms with Crippen LogP contribution in [0.1, 0.15) is 48.5 Å². The Morgan fingerprint density at radius 1 is 1.43 bits per heavy atom. The zero-order chi connectivity index (χ0) is 15.4. The molecule has 0 bridgehead atoms. The Bertz CT molecular complexity index is 502. The van der Waals surface area contributed by atoms with E-state index < -0.39 is 0 Å². The van der Waals surface area contributed by atoms with E-state index in [0.717, 1.165) is 18.0 Å². The maximum atomic E-state index is 11.9. The number of methoxy groups -OCH3 is 1. The molecule has 1 aromatic rings. The third-order valence-corrected chi connectivity index (χ3v) is 4.52. The first kappa shape index (κ1) is 15.8. The highest BCUT2D eigenvalue weighted by Gasteiger charge is 2.24. The summed E-state index contributed by atoms with van der Waals surface area (Å²) in [6.07, 6.45) is 5.08. The van der Waals surface area contributed by atoms with E-state index in [1.54, 1.807) is 6.07 Å². The number of rotatable bonds is 4. The maximum Gasteiger partial charge on any atom is 0.340 e. The van der Waals surface area contributed by atoms with Crippen molar-refractivity contribution in [2.45, 2.75) is 45.2 Å². The predicted octanol–water partition coefficient (Wildman–Crippen LogP) is 3.07. The van der Waals surface area contributed by atoms with Gasteiger partial charge < -0.3 is 10.5 Å². The van der Waals surface area contributed by atoms with Gasteiger partial charge in [0, 0.05) is 18.3 Å². The molecule has 1 aromatic carbocycles. The van der Waals surface area contributed by atoms with Crippen LogP contribution in [0.5, 0.6) is 0 Å². The van der Waals surface area contributed by atoms with Gasteiger partial charge in [-0.2, -0.15) is 0 Å². The zero-order valence-electron chi connectivity index (χ0n) is 13.3. The Morgan fingerprint density at radius 3 is 2.86 bits per heavy atom. The molecule has 0 amide bonds. The summed E-state index contributed by atoms with van der Waals surface area (Å²) in [6, 6.07) is 6.19. The first-order valence-corrected chi connectivity index (χ1v) is 7.68. The Kier molecular flexibility index (Phi) is 5.23. The molecule has 0 saturated heterocycles. The van der Waals surface area contributed by atoms with Gasteiger partial charge in [0.15, 0.2) is 0 Å². The molecule has 1 aliphatic carbocycles. The number of hydrogen-bond acceptors (Lipinski definition) is 4. The number of anilines is 1. The topological polar surface area (TPSA) is 55.6 Å². The van der Waals surface area contributed by atoms with Gasteiger partial charge in [-0.05, 0) is 37.4 Å². The van der Waals surface area contributed by atoms with Gasteiger partial charge >= 0.3 is 5.97 Å². The SMILES string of the molecule is COC(=O)c1c(N)cccc1CN(C)C1CCCC(C)C1. The molecule has 4 nitrogen and oxygen atoms in total. The molecule has 2 N–H and O–H groups in total. The summed E-state index contributed by atoms with van der Waals surface area (Å²) in [7, 11) is 3.53. The van der Waals surface area contributed by atoms with E-state index in [1.807, 2.05) is 12.1 Å². The van der Waals surface area contributed by atoms with Crippen molar-refractivity contribution >= 4 is 11.7 Å². The molecule has 116 valence electrons. The average molecular weight is 290 g/mol. The Hall–Kier alpha value is -1.55. The molecule has 0 spiro atoms. The molecule has 2 atom stereocenters. The predicted molar refractivity (Wildman–Crippen MR) is 85.1 cm³/mol. The third kappa shape index (κ3) is 3.76. The Balaban J connectivity index is 2.15. The molecule has 0 aliphatic heterocycles. The van der Waals surface area contributed by atoms with Gasteiger partial charge in [0.1, 0.15) is 0 Å². The van der Waals surface area contributed by atoms with Gasteiger partial charge in [-0.15, -0.1) is 0 Å². The minimum atomic E-state index is -0.353. The first-order chi connectivity index (χ1) is 10.0. The summed E-state index contributed by atoms with van der Waals surface area (Å²) in [5.74, 6) is 0.431. The Morgan fingerprint density at radius 2 is 2.19 bits per heavy atom. The molecule has 0 heterocycles. The lowest BCUT2D eigenvalue weighted by atomic mass is 9.86. The number of esters is 1. The summed E-state index contributed by atoms with van der Waals surface area (Å²) >= 11 is 0. The highest BCUT2D eigenvalue weighted by Crippen LogP contribution is 2.28. The van der Waals surface area contributed by atoms with Crippen molar-refractivity contribution in [2.75, 3.05) is 19.9 Å². The second kappa shape index (κ2) is 6.94. The van der Waals surface area contributed by atoms with Crippen molar-refractivity contribution in [3.05, 3.63) is 29.3 Å². The van der Waals surface area contributed by atoms with Gasteiger partial charge in [0.2, 0.25) is 0 Å². The normalized spacial score (nSPS) is 22.3. The number of nitrogens with zero attached hydrogens (tertiary/aromatic N) is 1. The van der Waals surface area contributed by atoms with E-state index in [9.17, 15) is 4.79 Å². The summed E-state index contributed by atoms with van der Waals surface area (Å²) in [6.45, 7) is 3.05. The molecule has 1 saturated carbocycles. The Labute approximate surface area is 127 Å². The van der Waals surface area contributed by atoms with Crippen LogP contribution in [-0.4, -0.2) is 31.1 Å². The van der Waals surface area contributed by atoms with Crippen LogP contribution >= 0.6 is 0 Å². The smallest absolute Gasteiger partial charge is 0.340 e. The monoisotopic (exact) mass is 290 g/mol. The van der Waals surface area contributed by atoms with Gasteiger partial charge in [-0.1, -0.05) is 31.9 Å². The average Bonchev–Trinajstić information content (AvgIpc) is 2.46. The highest BCUT2D eigenvalue weighted by atomic mass is 16.5. The van der Waals surface area contributed by atoms with E-state index in [4.69, 9.17) is 10.5 Å². The molecular formula is C17H26N2O2. The van der Waals surface area contributed by atoms with Crippen molar-refractivity contribution < 1.29 is 9.53 Å². The lowest BCUT2D eigenvalue weighted by molar-refractivity contribution is 0.0598. The maximum absolute atomic E-state index is 11.9.